The van der Waals surface area contributed by atoms with Crippen molar-refractivity contribution in [1.29, 1.82) is 0 Å². The standard InChI is InChI=1S/C18H16F3N3O3S/c1-9-6-11(18(19,20)21)15(17-23-14(24-28-17)8-10(2)25)12(7-9)22-16(26)13-4-3-5-27-13/h3-7,10,25H,8H2,1-2H3,(H,22,26). The molecule has 148 valence electrons. The van der Waals surface area contributed by atoms with E-state index < -0.39 is 23.8 Å². The van der Waals surface area contributed by atoms with Crippen LogP contribution < -0.4 is 5.32 Å². The van der Waals surface area contributed by atoms with Gasteiger partial charge in [-0.15, -0.1) is 0 Å². The van der Waals surface area contributed by atoms with E-state index in [1.54, 1.807) is 0 Å². The molecule has 2 N–H and O–H groups in total. The maximum absolute atomic E-state index is 13.7. The minimum atomic E-state index is -4.67. The molecule has 2 heterocycles. The highest BCUT2D eigenvalue weighted by molar-refractivity contribution is 7.09. The van der Waals surface area contributed by atoms with Crippen molar-refractivity contribution in [3.8, 4) is 10.6 Å². The normalized spacial score (nSPS) is 12.8. The smallest absolute Gasteiger partial charge is 0.417 e. The Hall–Kier alpha value is -2.72. The lowest BCUT2D eigenvalue weighted by Gasteiger charge is -2.17. The molecule has 0 aliphatic carbocycles. The number of aromatic nitrogens is 2. The first-order valence-corrected chi connectivity index (χ1v) is 9.00. The number of rotatable bonds is 5. The SMILES string of the molecule is Cc1cc(NC(=O)c2ccco2)c(-c2nc(CC(C)O)ns2)c(C(F)(F)F)c1. The number of nitrogens with zero attached hydrogens (tertiary/aromatic N) is 2. The van der Waals surface area contributed by atoms with E-state index in [4.69, 9.17) is 4.42 Å². The summed E-state index contributed by atoms with van der Waals surface area (Å²) in [6, 6.07) is 5.33. The van der Waals surface area contributed by atoms with Crippen molar-refractivity contribution in [2.75, 3.05) is 5.32 Å². The lowest BCUT2D eigenvalue weighted by Crippen LogP contribution is -2.15. The fourth-order valence-corrected chi connectivity index (χ4v) is 3.40. The first-order chi connectivity index (χ1) is 13.1. The van der Waals surface area contributed by atoms with Crippen molar-refractivity contribution in [3.63, 3.8) is 0 Å². The van der Waals surface area contributed by atoms with Gasteiger partial charge in [0.1, 0.15) is 10.8 Å². The summed E-state index contributed by atoms with van der Waals surface area (Å²) in [7, 11) is 0. The fourth-order valence-electron chi connectivity index (χ4n) is 2.63. The van der Waals surface area contributed by atoms with Crippen molar-refractivity contribution in [2.45, 2.75) is 32.5 Å². The number of aliphatic hydroxyl groups is 1. The summed E-state index contributed by atoms with van der Waals surface area (Å²) in [4.78, 5) is 16.5. The maximum atomic E-state index is 13.7. The number of hydrogen-bond acceptors (Lipinski definition) is 6. The van der Waals surface area contributed by atoms with Crippen LogP contribution >= 0.6 is 11.5 Å². The summed E-state index contributed by atoms with van der Waals surface area (Å²) in [6.45, 7) is 3.03. The molecule has 2 aromatic heterocycles. The molecule has 0 radical (unpaired) electrons. The number of anilines is 1. The van der Waals surface area contributed by atoms with Crippen LogP contribution in [0.3, 0.4) is 0 Å². The number of carbonyl (C=O) groups excluding carboxylic acids is 1. The summed E-state index contributed by atoms with van der Waals surface area (Å²) in [5.41, 5.74) is -0.928. The molecule has 1 amide bonds. The third kappa shape index (κ3) is 4.39. The fraction of sp³-hybridized carbons (Fsp3) is 0.278. The molecule has 0 saturated heterocycles. The van der Waals surface area contributed by atoms with Gasteiger partial charge in [-0.2, -0.15) is 17.5 Å². The van der Waals surface area contributed by atoms with Gasteiger partial charge in [-0.3, -0.25) is 4.79 Å². The van der Waals surface area contributed by atoms with Gasteiger partial charge >= 0.3 is 6.18 Å². The zero-order valence-electron chi connectivity index (χ0n) is 14.9. The zero-order valence-corrected chi connectivity index (χ0v) is 15.7. The Morgan fingerprint density at radius 1 is 1.39 bits per heavy atom. The van der Waals surface area contributed by atoms with E-state index in [0.717, 1.165) is 17.6 Å². The van der Waals surface area contributed by atoms with E-state index in [9.17, 15) is 23.1 Å². The molecular weight excluding hydrogens is 395 g/mol. The monoisotopic (exact) mass is 411 g/mol. The molecular formula is C18H16F3N3O3S. The third-order valence-electron chi connectivity index (χ3n) is 3.74. The molecule has 1 aromatic carbocycles. The summed E-state index contributed by atoms with van der Waals surface area (Å²) in [6.07, 6.45) is -4.00. The Kier molecular flexibility index (Phi) is 5.52. The van der Waals surface area contributed by atoms with Crippen molar-refractivity contribution in [3.05, 3.63) is 53.2 Å². The van der Waals surface area contributed by atoms with Crippen LogP contribution in [0.25, 0.3) is 10.6 Å². The van der Waals surface area contributed by atoms with Crippen molar-refractivity contribution in [2.24, 2.45) is 0 Å². The summed E-state index contributed by atoms with van der Waals surface area (Å²) < 4.78 is 50.1. The number of carbonyl (C=O) groups is 1. The third-order valence-corrected chi connectivity index (χ3v) is 4.51. The highest BCUT2D eigenvalue weighted by Gasteiger charge is 2.36. The predicted octanol–water partition coefficient (Wildman–Crippen LogP) is 4.30. The minimum absolute atomic E-state index is 0.00211. The molecule has 0 aliphatic rings. The van der Waals surface area contributed by atoms with Crippen LogP contribution in [0.2, 0.25) is 0 Å². The van der Waals surface area contributed by atoms with Gasteiger partial charge in [0.15, 0.2) is 5.76 Å². The van der Waals surface area contributed by atoms with Crippen molar-refractivity contribution < 1.29 is 27.5 Å². The van der Waals surface area contributed by atoms with Crippen LogP contribution in [0.4, 0.5) is 18.9 Å². The number of nitrogens with one attached hydrogen (secondary N) is 1. The lowest BCUT2D eigenvalue weighted by atomic mass is 10.0. The summed E-state index contributed by atoms with van der Waals surface area (Å²) >= 11 is 0.773. The highest BCUT2D eigenvalue weighted by Crippen LogP contribution is 2.42. The average molecular weight is 411 g/mol. The maximum Gasteiger partial charge on any atom is 0.417 e. The van der Waals surface area contributed by atoms with Crippen LogP contribution in [0, 0.1) is 6.92 Å². The molecule has 0 aliphatic heterocycles. The Bertz CT molecular complexity index is 982. The van der Waals surface area contributed by atoms with Gasteiger partial charge in [0, 0.05) is 12.0 Å². The molecule has 3 rings (SSSR count). The number of furan rings is 1. The number of halogens is 3. The molecule has 10 heteroatoms. The van der Waals surface area contributed by atoms with Gasteiger partial charge in [0.05, 0.1) is 23.6 Å². The van der Waals surface area contributed by atoms with Gasteiger partial charge in [-0.25, -0.2) is 4.98 Å². The van der Waals surface area contributed by atoms with E-state index in [1.807, 2.05) is 0 Å². The molecule has 0 spiro atoms. The van der Waals surface area contributed by atoms with Crippen LogP contribution in [-0.4, -0.2) is 26.5 Å². The predicted molar refractivity (Wildman–Crippen MR) is 97.1 cm³/mol. The molecule has 0 saturated carbocycles. The van der Waals surface area contributed by atoms with Gasteiger partial charge < -0.3 is 14.8 Å². The van der Waals surface area contributed by atoms with Crippen LogP contribution in [0.1, 0.15) is 34.4 Å². The molecule has 1 atom stereocenters. The minimum Gasteiger partial charge on any atom is -0.459 e. The first-order valence-electron chi connectivity index (χ1n) is 8.23. The van der Waals surface area contributed by atoms with Crippen molar-refractivity contribution in [1.82, 2.24) is 9.36 Å². The molecule has 1 unspecified atom stereocenters. The molecule has 0 fully saturated rings. The number of benzene rings is 1. The quantitative estimate of drug-likeness (QED) is 0.654. The second-order valence-corrected chi connectivity index (χ2v) is 6.98. The number of aryl methyl sites for hydroxylation is 1. The zero-order chi connectivity index (χ0) is 20.5. The average Bonchev–Trinajstić information content (AvgIpc) is 3.24. The van der Waals surface area contributed by atoms with Gasteiger partial charge in [0.2, 0.25) is 0 Å². The molecule has 0 bridgehead atoms. The van der Waals surface area contributed by atoms with E-state index in [2.05, 4.69) is 14.7 Å². The number of aliphatic hydroxyl groups excluding tert-OH is 1. The van der Waals surface area contributed by atoms with Gasteiger partial charge in [-0.05, 0) is 55.2 Å². The highest BCUT2D eigenvalue weighted by atomic mass is 32.1. The van der Waals surface area contributed by atoms with Gasteiger partial charge in [-0.1, -0.05) is 0 Å². The number of hydrogen-bond donors (Lipinski definition) is 2. The summed E-state index contributed by atoms with van der Waals surface area (Å²) in [5, 5.41) is 11.9. The van der Waals surface area contributed by atoms with Crippen LogP contribution in [-0.2, 0) is 12.6 Å². The second-order valence-electron chi connectivity index (χ2n) is 6.23. The lowest BCUT2D eigenvalue weighted by molar-refractivity contribution is -0.137. The molecule has 3 aromatic rings. The molecule has 6 nitrogen and oxygen atoms in total. The van der Waals surface area contributed by atoms with Gasteiger partial charge in [0.25, 0.3) is 5.91 Å². The van der Waals surface area contributed by atoms with E-state index >= 15 is 0 Å². The van der Waals surface area contributed by atoms with E-state index in [1.165, 1.54) is 38.3 Å². The topological polar surface area (TPSA) is 88.2 Å². The van der Waals surface area contributed by atoms with Crippen molar-refractivity contribution >= 4 is 23.1 Å². The largest absolute Gasteiger partial charge is 0.459 e. The number of alkyl halides is 3. The molecule has 28 heavy (non-hydrogen) atoms. The summed E-state index contributed by atoms with van der Waals surface area (Å²) in [5.74, 6) is -0.487. The Morgan fingerprint density at radius 3 is 2.75 bits per heavy atom. The number of amides is 1. The van der Waals surface area contributed by atoms with Crippen LogP contribution in [0.5, 0.6) is 0 Å². The van der Waals surface area contributed by atoms with E-state index in [-0.39, 0.29) is 34.3 Å². The van der Waals surface area contributed by atoms with Crippen LogP contribution in [0.15, 0.2) is 34.9 Å². The van der Waals surface area contributed by atoms with E-state index in [0.29, 0.717) is 5.56 Å². The Labute approximate surface area is 162 Å². The Morgan fingerprint density at radius 2 is 2.14 bits per heavy atom. The second kappa shape index (κ2) is 7.72. The first kappa shape index (κ1) is 20.0. The Balaban J connectivity index is 2.11.